The van der Waals surface area contributed by atoms with Crippen LogP contribution < -0.4 is 10.7 Å². The van der Waals surface area contributed by atoms with Crippen LogP contribution in [0.25, 0.3) is 33.4 Å². The number of ether oxygens (including phenoxy) is 4. The van der Waals surface area contributed by atoms with Gasteiger partial charge in [0, 0.05) is 83.3 Å². The minimum absolute atomic E-state index is 0.0176. The van der Waals surface area contributed by atoms with E-state index in [1.54, 1.807) is 7.11 Å². The molecule has 2 amide bonds. The number of amides is 2. The summed E-state index contributed by atoms with van der Waals surface area (Å²) in [5.74, 6) is 5.18. The fourth-order valence-electron chi connectivity index (χ4n) is 10.5. The number of hydrogen-bond acceptors (Lipinski definition) is 12. The Morgan fingerprint density at radius 1 is 1.12 bits per heavy atom. The number of pyridine rings is 1. The zero-order valence-electron chi connectivity index (χ0n) is 40.1. The number of aromatic nitrogens is 3. The van der Waals surface area contributed by atoms with Crippen LogP contribution in [0.1, 0.15) is 95.3 Å². The molecule has 68 heavy (non-hydrogen) atoms. The monoisotopic (exact) mass is 955 g/mol. The number of nitrogens with one attached hydrogen (secondary N) is 2. The predicted octanol–water partition coefficient (Wildman–Crippen LogP) is 6.96. The summed E-state index contributed by atoms with van der Waals surface area (Å²) in [4.78, 5) is 55.3. The second-order valence-corrected chi connectivity index (χ2v) is 20.9. The second kappa shape index (κ2) is 19.5. The molecule has 14 nitrogen and oxygen atoms in total. The lowest BCUT2D eigenvalue weighted by Crippen LogP contribution is -2.72. The van der Waals surface area contributed by atoms with E-state index >= 15 is 0 Å². The number of nitrogens with zero attached hydrogens (tertiary/aromatic N) is 5. The van der Waals surface area contributed by atoms with Crippen LogP contribution in [0.15, 0.2) is 35.8 Å². The Hall–Kier alpha value is -4.83. The molecule has 8 atom stereocenters. The summed E-state index contributed by atoms with van der Waals surface area (Å²) in [6, 6.07) is 5.72. The predicted molar refractivity (Wildman–Crippen MR) is 253 cm³/mol. The van der Waals surface area contributed by atoms with Gasteiger partial charge < -0.3 is 28.8 Å². The zero-order chi connectivity index (χ0) is 48.2. The third-order valence-electron chi connectivity index (χ3n) is 14.9. The van der Waals surface area contributed by atoms with Gasteiger partial charge in [-0.05, 0) is 81.5 Å². The molecule has 2 unspecified atom stereocenters. The van der Waals surface area contributed by atoms with Crippen LogP contribution in [-0.2, 0) is 46.3 Å². The molecule has 10 rings (SSSR count). The average molecular weight is 956 g/mol. The topological polar surface area (TPSA) is 149 Å². The van der Waals surface area contributed by atoms with Crippen molar-refractivity contribution in [2.24, 2.45) is 29.1 Å². The molecule has 2 saturated carbocycles. The Labute approximate surface area is 400 Å². The normalized spacial score (nSPS) is 28.0. The number of esters is 1. The third kappa shape index (κ3) is 9.44. The lowest BCUT2D eigenvalue weighted by atomic mass is 9.73. The van der Waals surface area contributed by atoms with Crippen molar-refractivity contribution in [2.45, 2.75) is 117 Å². The SMILES string of the molecule is CCn1c(-c2cc(C#C[C@@H](C)N3CCOCC3)cnc2[C@H](C)OC)c2c3cc(ccc31)-c1csc(n1)[C@@H](OCC(F)F)C(NC(=O)C1[C@@H](C)[C@H]1C)C(=O)N1N[C@H](C(=O)OCC(C)(C)C2)C2CC1C2. The third-order valence-corrected chi connectivity index (χ3v) is 15.8. The van der Waals surface area contributed by atoms with E-state index in [0.717, 1.165) is 57.6 Å². The lowest BCUT2D eigenvalue weighted by molar-refractivity contribution is -0.173. The number of hydrazine groups is 1. The maximum atomic E-state index is 14.8. The number of fused-ring (bicyclic) bond motifs is 4. The number of alkyl halides is 2. The first-order valence-electron chi connectivity index (χ1n) is 24.0. The van der Waals surface area contributed by atoms with Gasteiger partial charge in [-0.2, -0.15) is 0 Å². The van der Waals surface area contributed by atoms with Gasteiger partial charge in [0.05, 0.1) is 49.0 Å². The fraction of sp³-hybridized carbons (Fsp3) is 0.588. The number of morpholine rings is 1. The highest BCUT2D eigenvalue weighted by Crippen LogP contribution is 2.47. The number of benzene rings is 1. The molecule has 17 heteroatoms. The van der Waals surface area contributed by atoms with Crippen LogP contribution in [-0.4, -0.2) is 119 Å². The second-order valence-electron chi connectivity index (χ2n) is 20.0. The summed E-state index contributed by atoms with van der Waals surface area (Å²) in [6.45, 7) is 17.0. The van der Waals surface area contributed by atoms with Gasteiger partial charge in [-0.15, -0.1) is 11.3 Å². The lowest BCUT2D eigenvalue weighted by Gasteiger charge is -2.53. The van der Waals surface area contributed by atoms with Crippen LogP contribution in [0.4, 0.5) is 8.78 Å². The highest BCUT2D eigenvalue weighted by molar-refractivity contribution is 7.10. The van der Waals surface area contributed by atoms with E-state index in [2.05, 4.69) is 77.9 Å². The Balaban J connectivity index is 1.19. The van der Waals surface area contributed by atoms with E-state index in [9.17, 15) is 23.2 Å². The van der Waals surface area contributed by atoms with Crippen LogP contribution in [0, 0.1) is 40.9 Å². The van der Waals surface area contributed by atoms with E-state index in [1.165, 1.54) is 16.3 Å². The standard InChI is InChI=1S/C51H63F2N7O7S/c1-9-59-39-13-12-32-21-35(39)37(45(59)36-18-31(23-54-42(36)30(5)64-8)11-10-27(2)58-14-16-65-17-15-58)22-51(6,7)26-67-50(63)43-33-19-34(20-33)60(57-43)49(62)44(56-47(61)41-28(3)29(41)4)46(66-24-40(52)53)48-55-38(32)25-68-48/h12-13,18,21,23,25,27-30,33-34,40-41,43-44,46,57H,9,14-17,19-20,22,24,26H2,1-8H3,(H,56,61)/t27-,28-,29+,30+,33?,34?,41?,43+,44?,46+/m1/s1. The molecule has 5 fully saturated rings. The number of hydrogen-bond donors (Lipinski definition) is 2. The van der Waals surface area contributed by atoms with Gasteiger partial charge in [0.2, 0.25) is 5.91 Å². The van der Waals surface area contributed by atoms with Crippen LogP contribution in [0.2, 0.25) is 0 Å². The number of carbonyl (C=O) groups excluding carboxylic acids is 3. The number of aryl methyl sites for hydroxylation is 1. The van der Waals surface area contributed by atoms with Crippen molar-refractivity contribution >= 4 is 40.0 Å². The van der Waals surface area contributed by atoms with Gasteiger partial charge in [0.15, 0.2) is 0 Å². The van der Waals surface area contributed by atoms with Gasteiger partial charge in [0.25, 0.3) is 12.3 Å². The molecule has 0 spiro atoms. The maximum absolute atomic E-state index is 14.8. The first-order valence-corrected chi connectivity index (χ1v) is 24.9. The summed E-state index contributed by atoms with van der Waals surface area (Å²) in [5.41, 5.74) is 9.21. The molecule has 3 aromatic heterocycles. The van der Waals surface area contributed by atoms with E-state index in [1.807, 2.05) is 38.4 Å². The molecule has 0 radical (unpaired) electrons. The van der Waals surface area contributed by atoms with Gasteiger partial charge in [0.1, 0.15) is 29.8 Å². The number of methoxy groups -OCH3 is 1. The van der Waals surface area contributed by atoms with Gasteiger partial charge in [-0.25, -0.2) is 19.2 Å². The van der Waals surface area contributed by atoms with Crippen molar-refractivity contribution in [3.8, 4) is 34.4 Å². The number of halogens is 2. The molecule has 364 valence electrons. The number of rotatable bonds is 10. The molecule has 4 aliphatic heterocycles. The number of cyclic esters (lactones) is 1. The Kier molecular flexibility index (Phi) is 13.8. The summed E-state index contributed by atoms with van der Waals surface area (Å²) >= 11 is 1.18. The molecule has 2 N–H and O–H groups in total. The van der Waals surface area contributed by atoms with Crippen molar-refractivity contribution in [3.63, 3.8) is 0 Å². The highest BCUT2D eigenvalue weighted by Gasteiger charge is 2.54. The molecule has 4 aromatic rings. The molecule has 1 aromatic carbocycles. The first-order chi connectivity index (χ1) is 32.6. The number of thiazole rings is 1. The van der Waals surface area contributed by atoms with Gasteiger partial charge in [-0.1, -0.05) is 45.6 Å². The largest absolute Gasteiger partial charge is 0.464 e. The fourth-order valence-corrected chi connectivity index (χ4v) is 11.4. The van der Waals surface area contributed by atoms with Crippen molar-refractivity contribution in [1.29, 1.82) is 0 Å². The Morgan fingerprint density at radius 3 is 2.56 bits per heavy atom. The minimum Gasteiger partial charge on any atom is -0.464 e. The Morgan fingerprint density at radius 2 is 1.87 bits per heavy atom. The van der Waals surface area contributed by atoms with Crippen molar-refractivity contribution in [2.75, 3.05) is 46.6 Å². The van der Waals surface area contributed by atoms with Gasteiger partial charge >= 0.3 is 5.97 Å². The molecular formula is C51H63F2N7O7S. The van der Waals surface area contributed by atoms with Crippen molar-refractivity contribution in [1.82, 2.24) is 35.2 Å². The Bertz CT molecular complexity index is 2600. The van der Waals surface area contributed by atoms with E-state index in [4.69, 9.17) is 28.9 Å². The summed E-state index contributed by atoms with van der Waals surface area (Å²) in [6.07, 6.45) is -1.20. The van der Waals surface area contributed by atoms with E-state index in [-0.39, 0.29) is 59.4 Å². The van der Waals surface area contributed by atoms with Crippen molar-refractivity contribution < 1.29 is 42.1 Å². The average Bonchev–Trinajstić information content (AvgIpc) is 3.59. The molecule has 3 saturated heterocycles. The van der Waals surface area contributed by atoms with Crippen LogP contribution >= 0.6 is 11.3 Å². The van der Waals surface area contributed by atoms with Crippen LogP contribution in [0.5, 0.6) is 0 Å². The van der Waals surface area contributed by atoms with Crippen molar-refractivity contribution in [3.05, 3.63) is 57.7 Å². The molecular weight excluding hydrogens is 893 g/mol. The summed E-state index contributed by atoms with van der Waals surface area (Å²) in [7, 11) is 1.67. The zero-order valence-corrected chi connectivity index (χ0v) is 41.0. The summed E-state index contributed by atoms with van der Waals surface area (Å²) in [5, 5.41) is 7.36. The van der Waals surface area contributed by atoms with Gasteiger partial charge in [-0.3, -0.25) is 29.3 Å². The molecule has 8 bridgehead atoms. The number of carbonyl (C=O) groups is 3. The smallest absolute Gasteiger partial charge is 0.325 e. The summed E-state index contributed by atoms with van der Waals surface area (Å²) < 4.78 is 54.1. The minimum atomic E-state index is -2.85. The molecule has 7 heterocycles. The quantitative estimate of drug-likeness (QED) is 0.126. The first kappa shape index (κ1) is 48.2. The molecule has 6 aliphatic rings. The van der Waals surface area contributed by atoms with Crippen LogP contribution in [0.3, 0.4) is 0 Å². The van der Waals surface area contributed by atoms with E-state index < -0.39 is 48.5 Å². The maximum Gasteiger partial charge on any atom is 0.325 e. The highest BCUT2D eigenvalue weighted by atomic mass is 32.1. The molecule has 2 aliphatic carbocycles. The van der Waals surface area contributed by atoms with E-state index in [0.29, 0.717) is 44.7 Å².